The Bertz CT molecular complexity index is 475. The van der Waals surface area contributed by atoms with E-state index < -0.39 is 41.8 Å². The molecule has 0 saturated carbocycles. The van der Waals surface area contributed by atoms with Gasteiger partial charge in [0, 0.05) is 0 Å². The second-order valence-electron chi connectivity index (χ2n) is 8.22. The molecule has 0 aliphatic carbocycles. The smallest absolute Gasteiger partial charge is 0.163 e. The van der Waals surface area contributed by atoms with E-state index in [1.165, 1.54) is 0 Å². The van der Waals surface area contributed by atoms with Crippen molar-refractivity contribution in [3.63, 3.8) is 0 Å². The van der Waals surface area contributed by atoms with Crippen molar-refractivity contribution in [1.82, 2.24) is 0 Å². The lowest BCUT2D eigenvalue weighted by atomic mass is 10.0. The molecule has 5 atom stereocenters. The summed E-state index contributed by atoms with van der Waals surface area (Å²) < 4.78 is 32.0. The standard InChI is InChI=1S/C12H22O6.C6H10O3/c1-11(2)15-5-7(17-11)9(13)10(14)8-6-16-12(3,4)18-8;1-6(2)8-4-5(3-7)9-6/h7-10,13-14H,5-6H2,1-4H3;3,5H,4H2,1-2H3/t7?,8?,9-,10-;5-/m10/s1. The normalized spacial score (nSPS) is 35.9. The van der Waals surface area contributed by atoms with Crippen LogP contribution < -0.4 is 0 Å². The quantitative estimate of drug-likeness (QED) is 0.654. The van der Waals surface area contributed by atoms with Gasteiger partial charge in [-0.15, -0.1) is 0 Å². The van der Waals surface area contributed by atoms with Crippen molar-refractivity contribution in [1.29, 1.82) is 0 Å². The highest BCUT2D eigenvalue weighted by molar-refractivity contribution is 5.56. The molecule has 2 unspecified atom stereocenters. The zero-order valence-corrected chi connectivity index (χ0v) is 16.8. The summed E-state index contributed by atoms with van der Waals surface area (Å²) >= 11 is 0. The van der Waals surface area contributed by atoms with Crippen LogP contribution in [-0.2, 0) is 33.2 Å². The first-order chi connectivity index (χ1) is 12.3. The summed E-state index contributed by atoms with van der Waals surface area (Å²) in [6, 6.07) is 0. The zero-order valence-electron chi connectivity index (χ0n) is 16.8. The van der Waals surface area contributed by atoms with Crippen LogP contribution in [0.1, 0.15) is 41.5 Å². The average molecular weight is 392 g/mol. The molecule has 3 aliphatic rings. The fraction of sp³-hybridized carbons (Fsp3) is 0.944. The van der Waals surface area contributed by atoms with Gasteiger partial charge in [0.1, 0.15) is 30.5 Å². The summed E-state index contributed by atoms with van der Waals surface area (Å²) in [6.07, 6.45) is -2.83. The van der Waals surface area contributed by atoms with Gasteiger partial charge in [-0.3, -0.25) is 0 Å². The second kappa shape index (κ2) is 8.38. The van der Waals surface area contributed by atoms with Crippen LogP contribution in [0, 0.1) is 0 Å². The van der Waals surface area contributed by atoms with Gasteiger partial charge in [-0.1, -0.05) is 0 Å². The van der Waals surface area contributed by atoms with E-state index in [1.54, 1.807) is 41.5 Å². The number of hydrogen-bond donors (Lipinski definition) is 2. The Balaban J connectivity index is 0.000000244. The molecule has 0 radical (unpaired) electrons. The molecular weight excluding hydrogens is 360 g/mol. The number of hydrogen-bond acceptors (Lipinski definition) is 9. The van der Waals surface area contributed by atoms with E-state index in [-0.39, 0.29) is 19.3 Å². The van der Waals surface area contributed by atoms with Gasteiger partial charge in [-0.05, 0) is 41.5 Å². The van der Waals surface area contributed by atoms with Gasteiger partial charge >= 0.3 is 0 Å². The van der Waals surface area contributed by atoms with E-state index in [4.69, 9.17) is 28.4 Å². The van der Waals surface area contributed by atoms with E-state index in [1.807, 2.05) is 0 Å². The fourth-order valence-corrected chi connectivity index (χ4v) is 2.99. The van der Waals surface area contributed by atoms with Crippen LogP contribution in [0.15, 0.2) is 0 Å². The molecule has 9 nitrogen and oxygen atoms in total. The number of carbonyl (C=O) groups excluding carboxylic acids is 1. The van der Waals surface area contributed by atoms with Gasteiger partial charge in [0.05, 0.1) is 19.8 Å². The molecule has 9 heteroatoms. The first-order valence-corrected chi connectivity index (χ1v) is 9.11. The maximum atomic E-state index is 10.1. The van der Waals surface area contributed by atoms with Gasteiger partial charge in [-0.2, -0.15) is 0 Å². The Morgan fingerprint density at radius 1 is 0.741 bits per heavy atom. The van der Waals surface area contributed by atoms with E-state index >= 15 is 0 Å². The SMILES string of the molecule is CC1(C)OCC([C@@H](O)[C@H](O)C2COC(C)(C)O2)O1.CC1(C)OC[C@H](C=O)O1. The molecule has 3 fully saturated rings. The zero-order chi connectivity index (χ0) is 20.5. The number of rotatable bonds is 4. The lowest BCUT2D eigenvalue weighted by Crippen LogP contribution is -2.47. The molecule has 0 amide bonds. The van der Waals surface area contributed by atoms with E-state index in [0.717, 1.165) is 6.29 Å². The molecule has 158 valence electrons. The van der Waals surface area contributed by atoms with Crippen molar-refractivity contribution in [2.75, 3.05) is 19.8 Å². The van der Waals surface area contributed by atoms with Crippen molar-refractivity contribution < 1.29 is 43.4 Å². The minimum atomic E-state index is -1.06. The summed E-state index contributed by atoms with van der Waals surface area (Å²) in [5, 5.41) is 20.2. The maximum Gasteiger partial charge on any atom is 0.163 e. The molecule has 2 N–H and O–H groups in total. The van der Waals surface area contributed by atoms with Crippen molar-refractivity contribution in [2.24, 2.45) is 0 Å². The molecule has 0 aromatic carbocycles. The molecule has 0 spiro atoms. The van der Waals surface area contributed by atoms with Gasteiger partial charge in [0.25, 0.3) is 0 Å². The first kappa shape index (κ1) is 22.6. The summed E-state index contributed by atoms with van der Waals surface area (Å²) in [7, 11) is 0. The van der Waals surface area contributed by atoms with Crippen LogP contribution in [0.25, 0.3) is 0 Å². The summed E-state index contributed by atoms with van der Waals surface area (Å²) in [4.78, 5) is 10.1. The Labute approximate surface area is 159 Å². The van der Waals surface area contributed by atoms with Crippen LogP contribution in [0.4, 0.5) is 0 Å². The molecular formula is C18H32O9. The molecule has 3 heterocycles. The number of aliphatic hydroxyl groups is 2. The number of aldehydes is 1. The summed E-state index contributed by atoms with van der Waals surface area (Å²) in [5.41, 5.74) is 0. The lowest BCUT2D eigenvalue weighted by Gasteiger charge is -2.27. The predicted molar refractivity (Wildman–Crippen MR) is 92.8 cm³/mol. The molecule has 3 saturated heterocycles. The predicted octanol–water partition coefficient (Wildman–Crippen LogP) is 0.348. The molecule has 3 rings (SSSR count). The molecule has 3 aliphatic heterocycles. The Morgan fingerprint density at radius 2 is 1.11 bits per heavy atom. The van der Waals surface area contributed by atoms with Crippen LogP contribution in [0.5, 0.6) is 0 Å². The minimum Gasteiger partial charge on any atom is -0.387 e. The number of carbonyl (C=O) groups is 1. The first-order valence-electron chi connectivity index (χ1n) is 9.11. The highest BCUT2D eigenvalue weighted by Gasteiger charge is 2.45. The van der Waals surface area contributed by atoms with E-state index in [9.17, 15) is 15.0 Å². The van der Waals surface area contributed by atoms with Crippen LogP contribution in [0.2, 0.25) is 0 Å². The van der Waals surface area contributed by atoms with Crippen molar-refractivity contribution in [2.45, 2.75) is 89.4 Å². The minimum absolute atomic E-state index is 0.252. The summed E-state index contributed by atoms with van der Waals surface area (Å²) in [5.74, 6) is -2.01. The molecule has 0 aromatic heterocycles. The maximum absolute atomic E-state index is 10.1. The third kappa shape index (κ3) is 6.43. The van der Waals surface area contributed by atoms with E-state index in [2.05, 4.69) is 0 Å². The number of ether oxygens (including phenoxy) is 6. The molecule has 0 bridgehead atoms. The van der Waals surface area contributed by atoms with Gasteiger partial charge < -0.3 is 43.4 Å². The van der Waals surface area contributed by atoms with Gasteiger partial charge in [-0.25, -0.2) is 0 Å². The van der Waals surface area contributed by atoms with Gasteiger partial charge in [0.2, 0.25) is 0 Å². The van der Waals surface area contributed by atoms with Crippen LogP contribution in [0.3, 0.4) is 0 Å². The Hall–Kier alpha value is -0.650. The monoisotopic (exact) mass is 392 g/mol. The molecule has 27 heavy (non-hydrogen) atoms. The van der Waals surface area contributed by atoms with Crippen LogP contribution >= 0.6 is 0 Å². The van der Waals surface area contributed by atoms with Gasteiger partial charge in [0.15, 0.2) is 23.6 Å². The Kier molecular flexibility index (Phi) is 7.03. The second-order valence-corrected chi connectivity index (χ2v) is 8.22. The topological polar surface area (TPSA) is 113 Å². The third-order valence-corrected chi connectivity index (χ3v) is 4.35. The van der Waals surface area contributed by atoms with Crippen molar-refractivity contribution in [3.8, 4) is 0 Å². The lowest BCUT2D eigenvalue weighted by molar-refractivity contribution is -0.183. The highest BCUT2D eigenvalue weighted by atomic mass is 16.8. The highest BCUT2D eigenvalue weighted by Crippen LogP contribution is 2.29. The molecule has 0 aromatic rings. The van der Waals surface area contributed by atoms with E-state index in [0.29, 0.717) is 6.61 Å². The third-order valence-electron chi connectivity index (χ3n) is 4.35. The Morgan fingerprint density at radius 3 is 1.33 bits per heavy atom. The average Bonchev–Trinajstić information content (AvgIpc) is 3.22. The number of aliphatic hydroxyl groups excluding tert-OH is 2. The van der Waals surface area contributed by atoms with Crippen molar-refractivity contribution in [3.05, 3.63) is 0 Å². The fourth-order valence-electron chi connectivity index (χ4n) is 2.99. The van der Waals surface area contributed by atoms with Crippen molar-refractivity contribution >= 4 is 6.29 Å². The summed E-state index contributed by atoms with van der Waals surface area (Å²) in [6.45, 7) is 11.5. The van der Waals surface area contributed by atoms with Crippen LogP contribution in [-0.4, -0.2) is 84.2 Å². The largest absolute Gasteiger partial charge is 0.387 e.